The van der Waals surface area contributed by atoms with E-state index in [0.29, 0.717) is 23.3 Å². The van der Waals surface area contributed by atoms with Gasteiger partial charge >= 0.3 is 6.18 Å². The molecule has 3 aromatic carbocycles. The number of alkyl halides is 3. The van der Waals surface area contributed by atoms with Gasteiger partial charge in [0.1, 0.15) is 12.6 Å². The Hall–Kier alpha value is -3.86. The van der Waals surface area contributed by atoms with Gasteiger partial charge in [0.05, 0.1) is 16.1 Å². The molecular weight excluding hydrogens is 555 g/mol. The first kappa shape index (κ1) is 31.7. The van der Waals surface area contributed by atoms with Crippen LogP contribution in [0.1, 0.15) is 43.4 Å². The van der Waals surface area contributed by atoms with Crippen LogP contribution in [0.15, 0.2) is 83.8 Å². The average molecular weight is 590 g/mol. The number of nitrogens with zero attached hydrogens (tertiary/aromatic N) is 2. The Morgan fingerprint density at radius 1 is 0.927 bits per heavy atom. The molecule has 7 nitrogen and oxygen atoms in total. The lowest BCUT2D eigenvalue weighted by Crippen LogP contribution is -2.52. The predicted molar refractivity (Wildman–Crippen MR) is 152 cm³/mol. The lowest BCUT2D eigenvalue weighted by Gasteiger charge is -2.33. The predicted octanol–water partition coefficient (Wildman–Crippen LogP) is 5.54. The van der Waals surface area contributed by atoms with Crippen molar-refractivity contribution < 1.29 is 31.2 Å². The zero-order chi connectivity index (χ0) is 30.2. The van der Waals surface area contributed by atoms with Crippen molar-refractivity contribution >= 4 is 27.5 Å². The highest BCUT2D eigenvalue weighted by molar-refractivity contribution is 7.92. The van der Waals surface area contributed by atoms with Crippen LogP contribution in [0.5, 0.6) is 0 Å². The van der Waals surface area contributed by atoms with Crippen molar-refractivity contribution in [3.63, 3.8) is 0 Å². The Kier molecular flexibility index (Phi) is 10.6. The minimum atomic E-state index is -4.73. The molecule has 0 fully saturated rings. The molecular formula is C30H34F3N3O4S. The number of hydrogen-bond acceptors (Lipinski definition) is 4. The highest BCUT2D eigenvalue weighted by Gasteiger charge is 2.35. The van der Waals surface area contributed by atoms with Crippen molar-refractivity contribution in [3.8, 4) is 0 Å². The topological polar surface area (TPSA) is 86.8 Å². The summed E-state index contributed by atoms with van der Waals surface area (Å²) in [6.07, 6.45) is -3.82. The second-order valence-electron chi connectivity index (χ2n) is 9.60. The van der Waals surface area contributed by atoms with Crippen LogP contribution in [0, 0.1) is 6.92 Å². The maximum absolute atomic E-state index is 14.0. The molecule has 0 aromatic heterocycles. The third kappa shape index (κ3) is 8.09. The second-order valence-corrected chi connectivity index (χ2v) is 11.5. The zero-order valence-corrected chi connectivity index (χ0v) is 24.0. The van der Waals surface area contributed by atoms with E-state index >= 15 is 0 Å². The summed E-state index contributed by atoms with van der Waals surface area (Å²) in [7, 11) is -4.47. The maximum atomic E-state index is 14.0. The van der Waals surface area contributed by atoms with E-state index in [4.69, 9.17) is 0 Å². The van der Waals surface area contributed by atoms with Gasteiger partial charge in [-0.15, -0.1) is 0 Å². The summed E-state index contributed by atoms with van der Waals surface area (Å²) in [5.41, 5.74) is 0.265. The summed E-state index contributed by atoms with van der Waals surface area (Å²) < 4.78 is 68.9. The third-order valence-corrected chi connectivity index (χ3v) is 8.23. The van der Waals surface area contributed by atoms with Crippen LogP contribution in [0.2, 0.25) is 0 Å². The van der Waals surface area contributed by atoms with Crippen LogP contribution in [-0.4, -0.2) is 44.3 Å². The van der Waals surface area contributed by atoms with E-state index in [2.05, 4.69) is 5.32 Å². The monoisotopic (exact) mass is 589 g/mol. The lowest BCUT2D eigenvalue weighted by atomic mass is 10.1. The molecule has 11 heteroatoms. The fourth-order valence-corrected chi connectivity index (χ4v) is 5.81. The summed E-state index contributed by atoms with van der Waals surface area (Å²) in [6, 6.07) is 17.4. The van der Waals surface area contributed by atoms with Gasteiger partial charge in [-0.1, -0.05) is 67.9 Å². The summed E-state index contributed by atoms with van der Waals surface area (Å²) in [5.74, 6) is -1.13. The first-order valence-corrected chi connectivity index (χ1v) is 14.7. The number of hydrogen-bond donors (Lipinski definition) is 1. The van der Waals surface area contributed by atoms with Crippen molar-refractivity contribution in [2.45, 2.75) is 57.3 Å². The molecule has 1 atom stereocenters. The molecule has 0 spiro atoms. The van der Waals surface area contributed by atoms with Crippen LogP contribution in [0.3, 0.4) is 0 Å². The molecule has 0 saturated carbocycles. The summed E-state index contributed by atoms with van der Waals surface area (Å²) >= 11 is 0. The highest BCUT2D eigenvalue weighted by Crippen LogP contribution is 2.33. The Labute approximate surface area is 239 Å². The largest absolute Gasteiger partial charge is 0.416 e. The van der Waals surface area contributed by atoms with Crippen molar-refractivity contribution in [2.75, 3.05) is 17.4 Å². The van der Waals surface area contributed by atoms with Crippen molar-refractivity contribution in [1.82, 2.24) is 10.2 Å². The Morgan fingerprint density at radius 2 is 1.61 bits per heavy atom. The first-order valence-electron chi connectivity index (χ1n) is 13.3. The number of benzene rings is 3. The van der Waals surface area contributed by atoms with Gasteiger partial charge in [0, 0.05) is 13.1 Å². The number of rotatable bonds is 12. The van der Waals surface area contributed by atoms with Gasteiger partial charge < -0.3 is 10.2 Å². The van der Waals surface area contributed by atoms with Crippen molar-refractivity contribution in [3.05, 3.63) is 95.6 Å². The summed E-state index contributed by atoms with van der Waals surface area (Å²) in [4.78, 5) is 28.2. The van der Waals surface area contributed by atoms with Gasteiger partial charge in [-0.2, -0.15) is 13.2 Å². The molecule has 3 rings (SSSR count). The standard InChI is InChI=1S/C30H34F3N3O4S/c1-4-17-34-29(38)27(5-2)35(20-23-12-9-11-22(3)18-23)28(37)21-36(41(39,40)26-15-7-6-8-16-26)25-14-10-13-24(19-25)30(31,32)33/h6-16,18-19,27H,4-5,17,20-21H2,1-3H3,(H,34,38)/t27-/m1/s1. The van der Waals surface area contributed by atoms with Crippen LogP contribution in [-0.2, 0) is 32.3 Å². The molecule has 0 aliphatic rings. The molecule has 0 saturated heterocycles. The van der Waals surface area contributed by atoms with E-state index in [1.54, 1.807) is 25.1 Å². The van der Waals surface area contributed by atoms with Gasteiger partial charge in [0.2, 0.25) is 11.8 Å². The zero-order valence-electron chi connectivity index (χ0n) is 23.2. The molecule has 0 bridgehead atoms. The number of halogens is 3. The van der Waals surface area contributed by atoms with E-state index in [1.165, 1.54) is 35.2 Å². The van der Waals surface area contributed by atoms with Crippen LogP contribution < -0.4 is 9.62 Å². The van der Waals surface area contributed by atoms with Gasteiger partial charge in [-0.25, -0.2) is 8.42 Å². The number of nitrogens with one attached hydrogen (secondary N) is 1. The molecule has 0 radical (unpaired) electrons. The molecule has 0 aliphatic carbocycles. The van der Waals surface area contributed by atoms with E-state index in [-0.39, 0.29) is 23.5 Å². The molecule has 1 N–H and O–H groups in total. The van der Waals surface area contributed by atoms with Crippen LogP contribution in [0.25, 0.3) is 0 Å². The fourth-order valence-electron chi connectivity index (χ4n) is 4.38. The quantitative estimate of drug-likeness (QED) is 0.301. The Bertz CT molecular complexity index is 1450. The van der Waals surface area contributed by atoms with Gasteiger partial charge in [-0.05, 0) is 55.7 Å². The molecule has 2 amide bonds. The minimum absolute atomic E-state index is 0.000377. The molecule has 0 unspecified atom stereocenters. The second kappa shape index (κ2) is 13.7. The highest BCUT2D eigenvalue weighted by atomic mass is 32.2. The first-order chi connectivity index (χ1) is 19.4. The van der Waals surface area contributed by atoms with E-state index in [1.807, 2.05) is 26.0 Å². The molecule has 0 heterocycles. The number of amides is 2. The number of aryl methyl sites for hydroxylation is 1. The smallest absolute Gasteiger partial charge is 0.354 e. The minimum Gasteiger partial charge on any atom is -0.354 e. The molecule has 220 valence electrons. The van der Waals surface area contributed by atoms with E-state index < -0.39 is 46.2 Å². The average Bonchev–Trinajstić information content (AvgIpc) is 2.94. The van der Waals surface area contributed by atoms with E-state index in [9.17, 15) is 31.2 Å². The van der Waals surface area contributed by atoms with Gasteiger partial charge in [-0.3, -0.25) is 13.9 Å². The molecule has 0 aliphatic heterocycles. The van der Waals surface area contributed by atoms with E-state index in [0.717, 1.165) is 23.3 Å². The third-order valence-electron chi connectivity index (χ3n) is 6.44. The van der Waals surface area contributed by atoms with Crippen LogP contribution >= 0.6 is 0 Å². The van der Waals surface area contributed by atoms with Gasteiger partial charge in [0.25, 0.3) is 10.0 Å². The number of carbonyl (C=O) groups is 2. The van der Waals surface area contributed by atoms with Gasteiger partial charge in [0.15, 0.2) is 0 Å². The Balaban J connectivity index is 2.10. The summed E-state index contributed by atoms with van der Waals surface area (Å²) in [6.45, 7) is 5.07. The lowest BCUT2D eigenvalue weighted by molar-refractivity contribution is -0.140. The molecule has 41 heavy (non-hydrogen) atoms. The number of sulfonamides is 1. The van der Waals surface area contributed by atoms with Crippen molar-refractivity contribution in [1.29, 1.82) is 0 Å². The van der Waals surface area contributed by atoms with Crippen molar-refractivity contribution in [2.24, 2.45) is 0 Å². The summed E-state index contributed by atoms with van der Waals surface area (Å²) in [5, 5.41) is 2.79. The van der Waals surface area contributed by atoms with Crippen LogP contribution in [0.4, 0.5) is 18.9 Å². The SMILES string of the molecule is CCCNC(=O)[C@@H](CC)N(Cc1cccc(C)c1)C(=O)CN(c1cccc(C(F)(F)F)c1)S(=O)(=O)c1ccccc1. The Morgan fingerprint density at radius 3 is 2.22 bits per heavy atom. The maximum Gasteiger partial charge on any atom is 0.416 e. The fraction of sp³-hybridized carbons (Fsp3) is 0.333. The number of carbonyl (C=O) groups excluding carboxylic acids is 2. The normalized spacial score (nSPS) is 12.4. The molecule has 3 aromatic rings. The number of anilines is 1.